The molecule has 4 rings (SSSR count). The van der Waals surface area contributed by atoms with E-state index in [9.17, 15) is 4.79 Å². The highest BCUT2D eigenvalue weighted by atomic mass is 16.4. The van der Waals surface area contributed by atoms with Gasteiger partial charge in [0.15, 0.2) is 0 Å². The molecule has 1 aliphatic heterocycles. The van der Waals surface area contributed by atoms with Crippen molar-refractivity contribution < 1.29 is 9.21 Å². The van der Waals surface area contributed by atoms with E-state index < -0.39 is 0 Å². The fourth-order valence-electron chi connectivity index (χ4n) is 3.40. The second-order valence-corrected chi connectivity index (χ2v) is 6.88. The fourth-order valence-corrected chi connectivity index (χ4v) is 3.40. The minimum absolute atomic E-state index is 0.0923. The van der Waals surface area contributed by atoms with E-state index in [1.807, 2.05) is 35.2 Å². The van der Waals surface area contributed by atoms with E-state index in [0.29, 0.717) is 11.7 Å². The topological polar surface area (TPSA) is 49.6 Å². The van der Waals surface area contributed by atoms with Crippen LogP contribution < -0.4 is 4.90 Å². The molecule has 0 bridgehead atoms. The summed E-state index contributed by atoms with van der Waals surface area (Å²) in [5.41, 5.74) is 3.40. The highest BCUT2D eigenvalue weighted by Gasteiger charge is 2.22. The van der Waals surface area contributed by atoms with E-state index >= 15 is 0 Å². The summed E-state index contributed by atoms with van der Waals surface area (Å²) in [5, 5.41) is 0. The highest BCUT2D eigenvalue weighted by molar-refractivity contribution is 5.78. The third-order valence-corrected chi connectivity index (χ3v) is 4.90. The Morgan fingerprint density at radius 3 is 2.56 bits per heavy atom. The number of piperazine rings is 1. The molecular formula is C22H23N3O2. The van der Waals surface area contributed by atoms with Crippen molar-refractivity contribution in [1.82, 2.24) is 9.88 Å². The van der Waals surface area contributed by atoms with Crippen molar-refractivity contribution in [3.05, 3.63) is 72.1 Å². The van der Waals surface area contributed by atoms with Crippen molar-refractivity contribution in [2.75, 3.05) is 31.1 Å². The molecule has 1 aromatic heterocycles. The number of benzene rings is 2. The lowest BCUT2D eigenvalue weighted by Crippen LogP contribution is -2.49. The van der Waals surface area contributed by atoms with Crippen LogP contribution in [0.15, 0.2) is 65.2 Å². The number of rotatable bonds is 4. The third kappa shape index (κ3) is 4.03. The molecule has 1 aliphatic rings. The highest BCUT2D eigenvalue weighted by Crippen LogP contribution is 2.20. The van der Waals surface area contributed by atoms with Crippen molar-refractivity contribution in [1.29, 1.82) is 0 Å². The normalized spacial score (nSPS) is 14.4. The van der Waals surface area contributed by atoms with Crippen LogP contribution in [0.5, 0.6) is 0 Å². The lowest BCUT2D eigenvalue weighted by Gasteiger charge is -2.36. The van der Waals surface area contributed by atoms with E-state index in [4.69, 9.17) is 4.42 Å². The molecule has 138 valence electrons. The van der Waals surface area contributed by atoms with Gasteiger partial charge in [-0.1, -0.05) is 30.3 Å². The van der Waals surface area contributed by atoms with Gasteiger partial charge in [0.2, 0.25) is 11.8 Å². The van der Waals surface area contributed by atoms with Crippen molar-refractivity contribution in [2.45, 2.75) is 13.3 Å². The van der Waals surface area contributed by atoms with Gasteiger partial charge in [-0.05, 0) is 36.8 Å². The predicted octanol–water partition coefficient (Wildman–Crippen LogP) is 3.54. The SMILES string of the molecule is Cc1cccc(N2CCN(C(=O)Cc3cnc(-c4ccccc4)o3)CC2)c1. The van der Waals surface area contributed by atoms with Crippen LogP contribution in [0.3, 0.4) is 0 Å². The molecule has 5 nitrogen and oxygen atoms in total. The van der Waals surface area contributed by atoms with Crippen LogP contribution >= 0.6 is 0 Å². The molecule has 2 heterocycles. The van der Waals surface area contributed by atoms with Crippen LogP contribution in [-0.2, 0) is 11.2 Å². The Kier molecular flexibility index (Phi) is 4.92. The number of aromatic nitrogens is 1. The predicted molar refractivity (Wildman–Crippen MR) is 106 cm³/mol. The molecule has 2 aromatic carbocycles. The summed E-state index contributed by atoms with van der Waals surface area (Å²) in [6.45, 7) is 5.25. The Labute approximate surface area is 159 Å². The first-order chi connectivity index (χ1) is 13.2. The van der Waals surface area contributed by atoms with Gasteiger partial charge >= 0.3 is 0 Å². The monoisotopic (exact) mass is 361 g/mol. The molecule has 5 heteroatoms. The van der Waals surface area contributed by atoms with E-state index in [-0.39, 0.29) is 12.3 Å². The second-order valence-electron chi connectivity index (χ2n) is 6.88. The van der Waals surface area contributed by atoms with Crippen molar-refractivity contribution in [3.63, 3.8) is 0 Å². The van der Waals surface area contributed by atoms with E-state index in [2.05, 4.69) is 41.1 Å². The average Bonchev–Trinajstić information content (AvgIpc) is 3.17. The summed E-state index contributed by atoms with van der Waals surface area (Å²) in [6.07, 6.45) is 1.91. The number of nitrogens with zero attached hydrogens (tertiary/aromatic N) is 3. The van der Waals surface area contributed by atoms with Gasteiger partial charge in [0.25, 0.3) is 0 Å². The van der Waals surface area contributed by atoms with Gasteiger partial charge in [0, 0.05) is 37.4 Å². The Hall–Kier alpha value is -3.08. The summed E-state index contributed by atoms with van der Waals surface area (Å²) < 4.78 is 5.77. The summed E-state index contributed by atoms with van der Waals surface area (Å²) in [5.74, 6) is 1.26. The number of oxazole rings is 1. The molecule has 0 unspecified atom stereocenters. The van der Waals surface area contributed by atoms with Gasteiger partial charge in [0.05, 0.1) is 12.6 Å². The van der Waals surface area contributed by atoms with Gasteiger partial charge in [-0.25, -0.2) is 4.98 Å². The van der Waals surface area contributed by atoms with E-state index in [0.717, 1.165) is 31.7 Å². The van der Waals surface area contributed by atoms with Crippen molar-refractivity contribution >= 4 is 11.6 Å². The van der Waals surface area contributed by atoms with Gasteiger partial charge in [0.1, 0.15) is 5.76 Å². The van der Waals surface area contributed by atoms with Crippen LogP contribution in [0.2, 0.25) is 0 Å². The maximum Gasteiger partial charge on any atom is 0.230 e. The molecule has 1 amide bonds. The van der Waals surface area contributed by atoms with Crippen LogP contribution in [0.4, 0.5) is 5.69 Å². The lowest BCUT2D eigenvalue weighted by atomic mass is 10.2. The average molecular weight is 361 g/mol. The number of anilines is 1. The molecular weight excluding hydrogens is 338 g/mol. The Morgan fingerprint density at radius 2 is 1.81 bits per heavy atom. The van der Waals surface area contributed by atoms with Crippen LogP contribution in [0.1, 0.15) is 11.3 Å². The summed E-state index contributed by atoms with van der Waals surface area (Å²) in [7, 11) is 0. The van der Waals surface area contributed by atoms with E-state index in [1.54, 1.807) is 6.20 Å². The first-order valence-corrected chi connectivity index (χ1v) is 9.28. The zero-order valence-electron chi connectivity index (χ0n) is 15.5. The molecule has 0 aliphatic carbocycles. The summed E-state index contributed by atoms with van der Waals surface area (Å²) >= 11 is 0. The molecule has 1 saturated heterocycles. The molecule has 0 radical (unpaired) electrons. The Morgan fingerprint density at radius 1 is 1.04 bits per heavy atom. The summed E-state index contributed by atoms with van der Waals surface area (Å²) in [6, 6.07) is 18.2. The smallest absolute Gasteiger partial charge is 0.230 e. The number of carbonyl (C=O) groups excluding carboxylic acids is 1. The van der Waals surface area contributed by atoms with Gasteiger partial charge in [-0.15, -0.1) is 0 Å². The second kappa shape index (κ2) is 7.66. The molecule has 0 atom stereocenters. The van der Waals surface area contributed by atoms with Crippen LogP contribution in [0.25, 0.3) is 11.5 Å². The lowest BCUT2D eigenvalue weighted by molar-refractivity contribution is -0.131. The van der Waals surface area contributed by atoms with Gasteiger partial charge < -0.3 is 14.2 Å². The third-order valence-electron chi connectivity index (χ3n) is 4.90. The molecule has 0 spiro atoms. The minimum atomic E-state index is 0.0923. The Bertz CT molecular complexity index is 912. The first kappa shape index (κ1) is 17.3. The summed E-state index contributed by atoms with van der Waals surface area (Å²) in [4.78, 5) is 21.2. The van der Waals surface area contributed by atoms with Crippen LogP contribution in [-0.4, -0.2) is 42.0 Å². The van der Waals surface area contributed by atoms with Gasteiger partial charge in [-0.3, -0.25) is 4.79 Å². The van der Waals surface area contributed by atoms with Crippen molar-refractivity contribution in [3.8, 4) is 11.5 Å². The molecule has 0 N–H and O–H groups in total. The number of carbonyl (C=O) groups is 1. The number of amides is 1. The van der Waals surface area contributed by atoms with Crippen LogP contribution in [0, 0.1) is 6.92 Å². The zero-order valence-corrected chi connectivity index (χ0v) is 15.5. The maximum absolute atomic E-state index is 12.6. The quantitative estimate of drug-likeness (QED) is 0.713. The standard InChI is InChI=1S/C22H23N3O2/c1-17-6-5-9-19(14-17)24-10-12-25(13-11-24)21(26)15-20-16-23-22(27-20)18-7-3-2-4-8-18/h2-9,14,16H,10-13,15H2,1H3. The minimum Gasteiger partial charge on any atom is -0.441 e. The Balaban J connectivity index is 1.34. The number of aryl methyl sites for hydroxylation is 1. The number of hydrogen-bond donors (Lipinski definition) is 0. The largest absolute Gasteiger partial charge is 0.441 e. The first-order valence-electron chi connectivity index (χ1n) is 9.28. The fraction of sp³-hybridized carbons (Fsp3) is 0.273. The maximum atomic E-state index is 12.6. The molecule has 1 fully saturated rings. The van der Waals surface area contributed by atoms with Crippen molar-refractivity contribution in [2.24, 2.45) is 0 Å². The van der Waals surface area contributed by atoms with E-state index in [1.165, 1.54) is 11.3 Å². The van der Waals surface area contributed by atoms with Gasteiger partial charge in [-0.2, -0.15) is 0 Å². The molecule has 27 heavy (non-hydrogen) atoms. The number of hydrogen-bond acceptors (Lipinski definition) is 4. The molecule has 0 saturated carbocycles. The zero-order chi connectivity index (χ0) is 18.6. The molecule has 3 aromatic rings.